The van der Waals surface area contributed by atoms with Crippen molar-refractivity contribution < 1.29 is 8.42 Å². The largest absolute Gasteiger partial charge is 0.397 e. The third kappa shape index (κ3) is 2.20. The summed E-state index contributed by atoms with van der Waals surface area (Å²) in [7, 11) is 1.13. The minimum absolute atomic E-state index is 0.0470. The van der Waals surface area contributed by atoms with Crippen molar-refractivity contribution in [2.24, 2.45) is 0 Å². The average Bonchev–Trinajstić information content (AvgIpc) is 1.95. The Bertz CT molecular complexity index is 443. The third-order valence-corrected chi connectivity index (χ3v) is 3.64. The van der Waals surface area contributed by atoms with Crippen molar-refractivity contribution >= 4 is 48.6 Å². The smallest absolute Gasteiger partial charge is 0.264 e. The normalized spacial score (nSPS) is 11.6. The highest BCUT2D eigenvalue weighted by Crippen LogP contribution is 2.35. The number of anilines is 1. The Kier molecular flexibility index (Phi) is 2.97. The van der Waals surface area contributed by atoms with Gasteiger partial charge < -0.3 is 5.73 Å². The maximum Gasteiger partial charge on any atom is 0.264 e. The van der Waals surface area contributed by atoms with Crippen LogP contribution >= 0.6 is 33.9 Å². The molecule has 0 amide bonds. The highest BCUT2D eigenvalue weighted by molar-refractivity contribution is 8.14. The summed E-state index contributed by atoms with van der Waals surface area (Å²) in [4.78, 5) is -0.350. The predicted octanol–water partition coefficient (Wildman–Crippen LogP) is 2.50. The fourth-order valence-corrected chi connectivity index (χ4v) is 3.10. The molecular weight excluding hydrogens is 256 g/mol. The molecule has 0 heterocycles. The van der Waals surface area contributed by atoms with Crippen LogP contribution in [-0.2, 0) is 9.05 Å². The van der Waals surface area contributed by atoms with Crippen LogP contribution in [0.15, 0.2) is 17.0 Å². The summed E-state index contributed by atoms with van der Waals surface area (Å²) >= 11 is 11.2. The Balaban J connectivity index is 3.62. The second-order valence-corrected chi connectivity index (χ2v) is 5.51. The van der Waals surface area contributed by atoms with E-state index in [1.807, 2.05) is 0 Å². The molecular formula is C6H4Cl3NO2S. The van der Waals surface area contributed by atoms with E-state index in [1.54, 1.807) is 0 Å². The van der Waals surface area contributed by atoms with E-state index in [-0.39, 0.29) is 20.6 Å². The van der Waals surface area contributed by atoms with Gasteiger partial charge in [0.25, 0.3) is 9.05 Å². The molecule has 0 aliphatic carbocycles. The fraction of sp³-hybridized carbons (Fsp3) is 0. The molecule has 0 saturated carbocycles. The number of hydrogen-bond donors (Lipinski definition) is 1. The van der Waals surface area contributed by atoms with Crippen LogP contribution in [0.3, 0.4) is 0 Å². The first-order valence-electron chi connectivity index (χ1n) is 3.02. The third-order valence-electron chi connectivity index (χ3n) is 1.32. The number of hydrogen-bond acceptors (Lipinski definition) is 3. The van der Waals surface area contributed by atoms with E-state index in [0.717, 1.165) is 0 Å². The molecule has 0 atom stereocenters. The van der Waals surface area contributed by atoms with Crippen LogP contribution < -0.4 is 5.73 Å². The van der Waals surface area contributed by atoms with Gasteiger partial charge in [-0.15, -0.1) is 0 Å². The quantitative estimate of drug-likeness (QED) is 0.623. The van der Waals surface area contributed by atoms with Crippen molar-refractivity contribution in [3.63, 3.8) is 0 Å². The second kappa shape index (κ2) is 3.53. The van der Waals surface area contributed by atoms with Crippen LogP contribution in [0.2, 0.25) is 10.0 Å². The van der Waals surface area contributed by atoms with Crippen molar-refractivity contribution in [1.82, 2.24) is 0 Å². The van der Waals surface area contributed by atoms with Crippen molar-refractivity contribution in [3.8, 4) is 0 Å². The zero-order chi connectivity index (χ0) is 10.2. The molecule has 0 unspecified atom stereocenters. The lowest BCUT2D eigenvalue weighted by atomic mass is 10.3. The Hall–Kier alpha value is -0.160. The number of halogens is 3. The summed E-state index contributed by atoms with van der Waals surface area (Å²) in [5.74, 6) is 0. The highest BCUT2D eigenvalue weighted by atomic mass is 35.7. The van der Waals surface area contributed by atoms with E-state index in [0.29, 0.717) is 0 Å². The molecule has 0 radical (unpaired) electrons. The Labute approximate surface area is 89.8 Å². The van der Waals surface area contributed by atoms with Gasteiger partial charge in [0.1, 0.15) is 4.90 Å². The van der Waals surface area contributed by atoms with Crippen LogP contribution in [0.5, 0.6) is 0 Å². The summed E-state index contributed by atoms with van der Waals surface area (Å²) < 4.78 is 21.9. The monoisotopic (exact) mass is 259 g/mol. The van der Waals surface area contributed by atoms with Gasteiger partial charge in [-0.05, 0) is 12.1 Å². The van der Waals surface area contributed by atoms with Crippen molar-refractivity contribution in [2.45, 2.75) is 4.90 Å². The van der Waals surface area contributed by atoms with E-state index in [2.05, 4.69) is 0 Å². The number of nitrogens with two attached hydrogens (primary N) is 1. The lowest BCUT2D eigenvalue weighted by Gasteiger charge is -2.04. The molecule has 2 N–H and O–H groups in total. The molecule has 0 aliphatic rings. The molecule has 13 heavy (non-hydrogen) atoms. The second-order valence-electron chi connectivity index (χ2n) is 2.22. The molecule has 0 fully saturated rings. The maximum absolute atomic E-state index is 11.0. The molecule has 7 heteroatoms. The first-order chi connectivity index (χ1) is 5.84. The summed E-state index contributed by atoms with van der Waals surface area (Å²) in [6.07, 6.45) is 0. The van der Waals surface area contributed by atoms with Crippen LogP contribution in [-0.4, -0.2) is 8.42 Å². The Morgan fingerprint density at radius 1 is 1.23 bits per heavy atom. The molecule has 3 nitrogen and oxygen atoms in total. The zero-order valence-electron chi connectivity index (χ0n) is 6.09. The van der Waals surface area contributed by atoms with Gasteiger partial charge in [0, 0.05) is 10.7 Å². The average molecular weight is 261 g/mol. The van der Waals surface area contributed by atoms with Crippen molar-refractivity contribution in [3.05, 3.63) is 22.2 Å². The van der Waals surface area contributed by atoms with Gasteiger partial charge in [-0.3, -0.25) is 0 Å². The van der Waals surface area contributed by atoms with E-state index in [4.69, 9.17) is 39.6 Å². The van der Waals surface area contributed by atoms with E-state index < -0.39 is 9.05 Å². The Morgan fingerprint density at radius 2 is 1.77 bits per heavy atom. The SMILES string of the molecule is Nc1ccc(Cl)c(S(=O)(=O)Cl)c1Cl. The molecule has 1 aromatic carbocycles. The summed E-state index contributed by atoms with van der Waals surface area (Å²) in [6.45, 7) is 0. The van der Waals surface area contributed by atoms with Gasteiger partial charge in [0.15, 0.2) is 0 Å². The zero-order valence-corrected chi connectivity index (χ0v) is 9.17. The van der Waals surface area contributed by atoms with Gasteiger partial charge in [0.05, 0.1) is 15.7 Å². The van der Waals surface area contributed by atoms with Gasteiger partial charge in [0.2, 0.25) is 0 Å². The summed E-state index contributed by atoms with van der Waals surface area (Å²) in [6, 6.07) is 2.72. The topological polar surface area (TPSA) is 60.2 Å². The van der Waals surface area contributed by atoms with Crippen molar-refractivity contribution in [2.75, 3.05) is 5.73 Å². The molecule has 0 aliphatic heterocycles. The molecule has 72 valence electrons. The highest BCUT2D eigenvalue weighted by Gasteiger charge is 2.20. The summed E-state index contributed by atoms with van der Waals surface area (Å²) in [5.41, 5.74) is 5.49. The van der Waals surface area contributed by atoms with Crippen LogP contribution in [0.4, 0.5) is 5.69 Å². The molecule has 0 aromatic heterocycles. The Morgan fingerprint density at radius 3 is 2.15 bits per heavy atom. The molecule has 0 saturated heterocycles. The molecule has 0 spiro atoms. The summed E-state index contributed by atoms with van der Waals surface area (Å²) in [5, 5.41) is -0.197. The first kappa shape index (κ1) is 10.9. The van der Waals surface area contributed by atoms with Gasteiger partial charge in [-0.1, -0.05) is 23.2 Å². The van der Waals surface area contributed by atoms with Crippen molar-refractivity contribution in [1.29, 1.82) is 0 Å². The predicted molar refractivity (Wildman–Crippen MR) is 53.9 cm³/mol. The van der Waals surface area contributed by atoms with Crippen LogP contribution in [0, 0.1) is 0 Å². The molecule has 1 aromatic rings. The number of rotatable bonds is 1. The lowest BCUT2D eigenvalue weighted by molar-refractivity contribution is 0.609. The van der Waals surface area contributed by atoms with Crippen LogP contribution in [0.1, 0.15) is 0 Å². The van der Waals surface area contributed by atoms with Gasteiger partial charge >= 0.3 is 0 Å². The lowest BCUT2D eigenvalue weighted by Crippen LogP contribution is -1.97. The first-order valence-corrected chi connectivity index (χ1v) is 6.08. The van der Waals surface area contributed by atoms with E-state index in [1.165, 1.54) is 12.1 Å². The van der Waals surface area contributed by atoms with Crippen LogP contribution in [0.25, 0.3) is 0 Å². The standard InChI is InChI=1S/C6H4Cl3NO2S/c7-3-1-2-4(10)5(8)6(3)13(9,11)12/h1-2H,10H2. The van der Waals surface area contributed by atoms with E-state index >= 15 is 0 Å². The molecule has 0 bridgehead atoms. The number of benzene rings is 1. The van der Waals surface area contributed by atoms with E-state index in [9.17, 15) is 8.42 Å². The maximum atomic E-state index is 11.0. The minimum Gasteiger partial charge on any atom is -0.397 e. The molecule has 1 rings (SSSR count). The minimum atomic E-state index is -3.96. The number of nitrogen functional groups attached to an aromatic ring is 1. The van der Waals surface area contributed by atoms with Gasteiger partial charge in [-0.2, -0.15) is 0 Å². The fourth-order valence-electron chi connectivity index (χ4n) is 0.771. The van der Waals surface area contributed by atoms with Gasteiger partial charge in [-0.25, -0.2) is 8.42 Å².